The molecular formula is C18H23N3O2. The monoisotopic (exact) mass is 313 g/mol. The number of fused-ring (bicyclic) bond motifs is 1. The maximum atomic E-state index is 12.1. The number of benzene rings is 1. The summed E-state index contributed by atoms with van der Waals surface area (Å²) in [6.45, 7) is 4.45. The summed E-state index contributed by atoms with van der Waals surface area (Å²) in [5.41, 5.74) is 2.31. The first-order valence-corrected chi connectivity index (χ1v) is 8.19. The molecule has 2 aromatic rings. The van der Waals surface area contributed by atoms with Crippen LogP contribution in [0.5, 0.6) is 0 Å². The summed E-state index contributed by atoms with van der Waals surface area (Å²) in [7, 11) is 0. The minimum Gasteiger partial charge on any atom is -0.361 e. The van der Waals surface area contributed by atoms with Gasteiger partial charge in [-0.1, -0.05) is 18.2 Å². The van der Waals surface area contributed by atoms with Gasteiger partial charge in [-0.15, -0.1) is 0 Å². The van der Waals surface area contributed by atoms with Gasteiger partial charge in [-0.2, -0.15) is 0 Å². The number of carbonyl (C=O) groups excluding carboxylic acids is 2. The average Bonchev–Trinajstić information content (AvgIpc) is 3.22. The highest BCUT2D eigenvalue weighted by Crippen LogP contribution is 2.38. The van der Waals surface area contributed by atoms with E-state index in [1.165, 1.54) is 10.9 Å². The van der Waals surface area contributed by atoms with Crippen LogP contribution in [0.1, 0.15) is 25.8 Å². The molecule has 5 heteroatoms. The van der Waals surface area contributed by atoms with Crippen LogP contribution in [0.15, 0.2) is 30.5 Å². The Labute approximate surface area is 135 Å². The predicted octanol–water partition coefficient (Wildman–Crippen LogP) is 1.99. The zero-order valence-corrected chi connectivity index (χ0v) is 13.6. The minimum absolute atomic E-state index is 0.00298. The second-order valence-electron chi connectivity index (χ2n) is 6.51. The lowest BCUT2D eigenvalue weighted by Gasteiger charge is -2.08. The number of carbonyl (C=O) groups is 2. The zero-order chi connectivity index (χ0) is 16.4. The molecule has 3 rings (SSSR count). The summed E-state index contributed by atoms with van der Waals surface area (Å²) < 4.78 is 0. The number of hydrogen-bond acceptors (Lipinski definition) is 2. The smallest absolute Gasteiger partial charge is 0.224 e. The minimum atomic E-state index is -0.156. The molecule has 1 fully saturated rings. The molecule has 1 aromatic heterocycles. The van der Waals surface area contributed by atoms with Crippen molar-refractivity contribution in [3.63, 3.8) is 0 Å². The molecule has 0 aliphatic heterocycles. The zero-order valence-electron chi connectivity index (χ0n) is 13.6. The Morgan fingerprint density at radius 3 is 2.74 bits per heavy atom. The Bertz CT molecular complexity index is 720. The van der Waals surface area contributed by atoms with Crippen LogP contribution in [0.2, 0.25) is 0 Å². The van der Waals surface area contributed by atoms with Crippen LogP contribution >= 0.6 is 0 Å². The van der Waals surface area contributed by atoms with Crippen molar-refractivity contribution in [3.8, 4) is 0 Å². The Hall–Kier alpha value is -2.30. The van der Waals surface area contributed by atoms with E-state index in [1.807, 2.05) is 38.2 Å². The maximum Gasteiger partial charge on any atom is 0.224 e. The van der Waals surface area contributed by atoms with Crippen molar-refractivity contribution in [3.05, 3.63) is 36.0 Å². The van der Waals surface area contributed by atoms with E-state index in [1.54, 1.807) is 0 Å². The highest BCUT2D eigenvalue weighted by atomic mass is 16.2. The Morgan fingerprint density at radius 2 is 1.96 bits per heavy atom. The highest BCUT2D eigenvalue weighted by Gasteiger charge is 2.47. The van der Waals surface area contributed by atoms with E-state index in [4.69, 9.17) is 0 Å². The molecule has 0 radical (unpaired) electrons. The van der Waals surface area contributed by atoms with Crippen LogP contribution in [-0.2, 0) is 16.0 Å². The van der Waals surface area contributed by atoms with Crippen LogP contribution in [0, 0.1) is 11.8 Å². The lowest BCUT2D eigenvalue weighted by molar-refractivity contribution is -0.127. The van der Waals surface area contributed by atoms with E-state index in [2.05, 4.69) is 21.7 Å². The van der Waals surface area contributed by atoms with Crippen molar-refractivity contribution in [2.24, 2.45) is 11.8 Å². The molecule has 1 aliphatic carbocycles. The molecule has 0 spiro atoms. The SMILES string of the molecule is CC(C)NC(=O)C1CC1C(=O)NCCc1c[nH]c2ccccc12. The standard InChI is InChI=1S/C18H23N3O2/c1-11(2)21-18(23)15-9-14(15)17(22)19-8-7-12-10-20-16-6-4-3-5-13(12)16/h3-6,10-11,14-15,20H,7-9H2,1-2H3,(H,19,22)(H,21,23). The number of hydrogen-bond donors (Lipinski definition) is 3. The van der Waals surface area contributed by atoms with E-state index in [-0.39, 0.29) is 29.7 Å². The van der Waals surface area contributed by atoms with Gasteiger partial charge in [0.1, 0.15) is 0 Å². The number of rotatable bonds is 6. The third-order valence-electron chi connectivity index (χ3n) is 4.26. The van der Waals surface area contributed by atoms with Crippen LogP contribution in [0.3, 0.4) is 0 Å². The first-order chi connectivity index (χ1) is 11.1. The highest BCUT2D eigenvalue weighted by molar-refractivity contribution is 5.92. The fraction of sp³-hybridized carbons (Fsp3) is 0.444. The molecule has 1 aliphatic rings. The van der Waals surface area contributed by atoms with Crippen LogP contribution in [0.4, 0.5) is 0 Å². The number of aromatic amines is 1. The lowest BCUT2D eigenvalue weighted by Crippen LogP contribution is -2.34. The number of H-pyrrole nitrogens is 1. The Kier molecular flexibility index (Phi) is 4.37. The third kappa shape index (κ3) is 3.55. The van der Waals surface area contributed by atoms with E-state index in [0.29, 0.717) is 13.0 Å². The Balaban J connectivity index is 1.46. The average molecular weight is 313 g/mol. The normalized spacial score (nSPS) is 19.8. The molecular weight excluding hydrogens is 290 g/mol. The number of amides is 2. The van der Waals surface area contributed by atoms with Crippen molar-refractivity contribution in [1.82, 2.24) is 15.6 Å². The number of aromatic nitrogens is 1. The van der Waals surface area contributed by atoms with Gasteiger partial charge in [0.15, 0.2) is 0 Å². The molecule has 23 heavy (non-hydrogen) atoms. The van der Waals surface area contributed by atoms with Crippen molar-refractivity contribution in [2.45, 2.75) is 32.7 Å². The molecule has 2 unspecified atom stereocenters. The summed E-state index contributed by atoms with van der Waals surface area (Å²) in [4.78, 5) is 27.2. The summed E-state index contributed by atoms with van der Waals surface area (Å²) >= 11 is 0. The second-order valence-corrected chi connectivity index (χ2v) is 6.51. The van der Waals surface area contributed by atoms with Gasteiger partial charge in [-0.25, -0.2) is 0 Å². The van der Waals surface area contributed by atoms with Crippen LogP contribution in [0.25, 0.3) is 10.9 Å². The first-order valence-electron chi connectivity index (χ1n) is 8.19. The summed E-state index contributed by atoms with van der Waals surface area (Å²) in [6.07, 6.45) is 3.44. The van der Waals surface area contributed by atoms with Gasteiger partial charge >= 0.3 is 0 Å². The molecule has 1 heterocycles. The van der Waals surface area contributed by atoms with E-state index >= 15 is 0 Å². The van der Waals surface area contributed by atoms with Crippen LogP contribution < -0.4 is 10.6 Å². The summed E-state index contributed by atoms with van der Waals surface area (Å²) in [5, 5.41) is 7.01. The van der Waals surface area contributed by atoms with Crippen molar-refractivity contribution < 1.29 is 9.59 Å². The first kappa shape index (κ1) is 15.6. The van der Waals surface area contributed by atoms with E-state index < -0.39 is 0 Å². The van der Waals surface area contributed by atoms with Gasteiger partial charge in [0, 0.05) is 29.7 Å². The second kappa shape index (κ2) is 6.44. The van der Waals surface area contributed by atoms with Crippen molar-refractivity contribution in [2.75, 3.05) is 6.54 Å². The fourth-order valence-electron chi connectivity index (χ4n) is 2.96. The van der Waals surface area contributed by atoms with E-state index in [0.717, 1.165) is 11.9 Å². The number of nitrogens with one attached hydrogen (secondary N) is 3. The Morgan fingerprint density at radius 1 is 1.22 bits per heavy atom. The summed E-state index contributed by atoms with van der Waals surface area (Å²) in [6, 6.07) is 8.25. The molecule has 3 N–H and O–H groups in total. The number of para-hydroxylation sites is 1. The molecule has 1 aromatic carbocycles. The van der Waals surface area contributed by atoms with Gasteiger partial charge < -0.3 is 15.6 Å². The molecule has 122 valence electrons. The van der Waals surface area contributed by atoms with Gasteiger partial charge in [0.2, 0.25) is 11.8 Å². The topological polar surface area (TPSA) is 74.0 Å². The van der Waals surface area contributed by atoms with Gasteiger partial charge in [-0.05, 0) is 38.3 Å². The molecule has 5 nitrogen and oxygen atoms in total. The predicted molar refractivity (Wildman–Crippen MR) is 89.9 cm³/mol. The largest absolute Gasteiger partial charge is 0.361 e. The lowest BCUT2D eigenvalue weighted by atomic mass is 10.1. The van der Waals surface area contributed by atoms with Crippen LogP contribution in [-0.4, -0.2) is 29.4 Å². The van der Waals surface area contributed by atoms with Crippen molar-refractivity contribution >= 4 is 22.7 Å². The molecule has 2 amide bonds. The fourth-order valence-corrected chi connectivity index (χ4v) is 2.96. The summed E-state index contributed by atoms with van der Waals surface area (Å²) in [5.74, 6) is -0.312. The maximum absolute atomic E-state index is 12.1. The van der Waals surface area contributed by atoms with Gasteiger partial charge in [-0.3, -0.25) is 9.59 Å². The van der Waals surface area contributed by atoms with Gasteiger partial charge in [0.05, 0.1) is 11.8 Å². The van der Waals surface area contributed by atoms with Gasteiger partial charge in [0.25, 0.3) is 0 Å². The molecule has 0 saturated heterocycles. The molecule has 2 atom stereocenters. The molecule has 1 saturated carbocycles. The third-order valence-corrected chi connectivity index (χ3v) is 4.26. The quantitative estimate of drug-likeness (QED) is 0.763. The molecule has 0 bridgehead atoms. The van der Waals surface area contributed by atoms with Crippen molar-refractivity contribution in [1.29, 1.82) is 0 Å². The van der Waals surface area contributed by atoms with E-state index in [9.17, 15) is 9.59 Å².